The number of hydrogen-bond donors (Lipinski definition) is 2. The summed E-state index contributed by atoms with van der Waals surface area (Å²) in [6, 6.07) is 6.90. The van der Waals surface area contributed by atoms with Crippen molar-refractivity contribution in [3.8, 4) is 5.75 Å². The summed E-state index contributed by atoms with van der Waals surface area (Å²) < 4.78 is 3.73. The molecule has 1 rings (SSSR count). The van der Waals surface area contributed by atoms with Crippen LogP contribution in [0.2, 0.25) is 0 Å². The zero-order valence-electron chi connectivity index (χ0n) is 7.41. The van der Waals surface area contributed by atoms with Crippen LogP contribution in [0.5, 0.6) is 5.75 Å². The molecule has 0 amide bonds. The molecular weight excluding hydrogens is 225 g/mol. The largest absolute Gasteiger partial charge is 0.491 e. The van der Waals surface area contributed by atoms with E-state index in [-0.39, 0.29) is 13.2 Å². The summed E-state index contributed by atoms with van der Waals surface area (Å²) in [5, 5.41) is 8.60. The minimum absolute atomic E-state index is 0.0729. The van der Waals surface area contributed by atoms with Crippen LogP contribution >= 0.6 is 23.2 Å². The molecule has 0 bridgehead atoms. The van der Waals surface area contributed by atoms with Gasteiger partial charge in [0.15, 0.2) is 4.46 Å². The summed E-state index contributed by atoms with van der Waals surface area (Å²) in [4.78, 5) is 0. The molecule has 3 N–H and O–H groups in total. The zero-order chi connectivity index (χ0) is 10.6. The Kier molecular flexibility index (Phi) is 4.01. The number of rotatable bonds is 4. The van der Waals surface area contributed by atoms with Crippen LogP contribution in [0.25, 0.3) is 0 Å². The van der Waals surface area contributed by atoms with E-state index in [0.717, 1.165) is 0 Å². The molecule has 0 radical (unpaired) electrons. The SMILES string of the molecule is NC(Cl)(Cl)c1ccccc1OCCO. The van der Waals surface area contributed by atoms with Crippen LogP contribution in [-0.2, 0) is 4.46 Å². The van der Waals surface area contributed by atoms with Crippen LogP contribution in [0.4, 0.5) is 0 Å². The molecule has 0 aliphatic heterocycles. The Morgan fingerprint density at radius 3 is 2.57 bits per heavy atom. The Hall–Kier alpha value is -0.480. The Labute approximate surface area is 92.4 Å². The predicted molar refractivity (Wildman–Crippen MR) is 56.6 cm³/mol. The summed E-state index contributed by atoms with van der Waals surface area (Å²) >= 11 is 11.5. The molecule has 0 fully saturated rings. The number of ether oxygens (including phenoxy) is 1. The minimum Gasteiger partial charge on any atom is -0.491 e. The fourth-order valence-corrected chi connectivity index (χ4v) is 1.34. The number of benzene rings is 1. The van der Waals surface area contributed by atoms with Crippen molar-refractivity contribution in [2.75, 3.05) is 13.2 Å². The standard InChI is InChI=1S/C9H11Cl2NO2/c10-9(11,12)7-3-1-2-4-8(7)14-6-5-13/h1-4,13H,5-6,12H2. The van der Waals surface area contributed by atoms with Gasteiger partial charge in [-0.2, -0.15) is 0 Å². The highest BCUT2D eigenvalue weighted by molar-refractivity contribution is 6.47. The summed E-state index contributed by atoms with van der Waals surface area (Å²) in [5.41, 5.74) is 6.00. The van der Waals surface area contributed by atoms with Crippen molar-refractivity contribution in [2.45, 2.75) is 4.46 Å². The third-order valence-electron chi connectivity index (χ3n) is 1.60. The van der Waals surface area contributed by atoms with E-state index >= 15 is 0 Å². The number of para-hydroxylation sites is 1. The number of alkyl halides is 2. The second kappa shape index (κ2) is 4.84. The maximum Gasteiger partial charge on any atom is 0.195 e. The molecule has 0 atom stereocenters. The van der Waals surface area contributed by atoms with Crippen molar-refractivity contribution in [3.63, 3.8) is 0 Å². The van der Waals surface area contributed by atoms with Crippen LogP contribution < -0.4 is 10.5 Å². The monoisotopic (exact) mass is 235 g/mol. The molecule has 3 nitrogen and oxygen atoms in total. The summed E-state index contributed by atoms with van der Waals surface area (Å²) in [5.74, 6) is 0.481. The van der Waals surface area contributed by atoms with Gasteiger partial charge < -0.3 is 9.84 Å². The van der Waals surface area contributed by atoms with E-state index in [1.807, 2.05) is 0 Å². The lowest BCUT2D eigenvalue weighted by Crippen LogP contribution is -2.23. The number of halogens is 2. The maximum absolute atomic E-state index is 8.60. The average Bonchev–Trinajstić information content (AvgIpc) is 2.14. The lowest BCUT2D eigenvalue weighted by atomic mass is 10.2. The van der Waals surface area contributed by atoms with E-state index in [1.165, 1.54) is 0 Å². The van der Waals surface area contributed by atoms with E-state index in [2.05, 4.69) is 0 Å². The molecule has 0 heterocycles. The highest BCUT2D eigenvalue weighted by Crippen LogP contribution is 2.34. The molecule has 1 aromatic rings. The molecule has 14 heavy (non-hydrogen) atoms. The molecule has 78 valence electrons. The van der Waals surface area contributed by atoms with Crippen LogP contribution in [0, 0.1) is 0 Å². The first-order chi connectivity index (χ1) is 6.55. The van der Waals surface area contributed by atoms with Gasteiger partial charge >= 0.3 is 0 Å². The smallest absolute Gasteiger partial charge is 0.195 e. The van der Waals surface area contributed by atoms with Gasteiger partial charge in [0.25, 0.3) is 0 Å². The van der Waals surface area contributed by atoms with E-state index in [1.54, 1.807) is 24.3 Å². The normalized spacial score (nSPS) is 11.4. The zero-order valence-corrected chi connectivity index (χ0v) is 8.92. The van der Waals surface area contributed by atoms with Gasteiger partial charge in [-0.3, -0.25) is 5.73 Å². The Balaban J connectivity index is 2.92. The van der Waals surface area contributed by atoms with Gasteiger partial charge in [0.1, 0.15) is 12.4 Å². The molecule has 0 aromatic heterocycles. The first kappa shape index (κ1) is 11.6. The molecular formula is C9H11Cl2NO2. The van der Waals surface area contributed by atoms with Gasteiger partial charge in [-0.25, -0.2) is 0 Å². The van der Waals surface area contributed by atoms with Crippen LogP contribution in [0.1, 0.15) is 5.56 Å². The minimum atomic E-state index is -1.48. The van der Waals surface area contributed by atoms with Gasteiger partial charge in [0.2, 0.25) is 0 Å². The predicted octanol–water partition coefficient (Wildman–Crippen LogP) is 1.60. The number of hydrogen-bond acceptors (Lipinski definition) is 3. The number of nitrogens with two attached hydrogens (primary N) is 1. The first-order valence-corrected chi connectivity index (χ1v) is 4.81. The van der Waals surface area contributed by atoms with Crippen molar-refractivity contribution in [2.24, 2.45) is 5.73 Å². The van der Waals surface area contributed by atoms with Gasteiger partial charge in [-0.1, -0.05) is 41.4 Å². The van der Waals surface area contributed by atoms with Crippen molar-refractivity contribution in [1.29, 1.82) is 0 Å². The topological polar surface area (TPSA) is 55.5 Å². The molecule has 0 aliphatic carbocycles. The molecule has 5 heteroatoms. The maximum atomic E-state index is 8.60. The molecule has 0 spiro atoms. The fourth-order valence-electron chi connectivity index (χ4n) is 1.02. The van der Waals surface area contributed by atoms with E-state index in [9.17, 15) is 0 Å². The lowest BCUT2D eigenvalue weighted by Gasteiger charge is -2.17. The van der Waals surface area contributed by atoms with Crippen molar-refractivity contribution < 1.29 is 9.84 Å². The van der Waals surface area contributed by atoms with Crippen LogP contribution in [0.15, 0.2) is 24.3 Å². The fraction of sp³-hybridized carbons (Fsp3) is 0.333. The lowest BCUT2D eigenvalue weighted by molar-refractivity contribution is 0.200. The molecule has 1 aromatic carbocycles. The Bertz CT molecular complexity index is 299. The third-order valence-corrected chi connectivity index (χ3v) is 2.00. The van der Waals surface area contributed by atoms with Crippen molar-refractivity contribution in [1.82, 2.24) is 0 Å². The van der Waals surface area contributed by atoms with E-state index in [0.29, 0.717) is 11.3 Å². The van der Waals surface area contributed by atoms with E-state index in [4.69, 9.17) is 38.8 Å². The Morgan fingerprint density at radius 1 is 1.36 bits per heavy atom. The summed E-state index contributed by atoms with van der Waals surface area (Å²) in [7, 11) is 0. The van der Waals surface area contributed by atoms with Crippen molar-refractivity contribution >= 4 is 23.2 Å². The number of aliphatic hydroxyl groups excluding tert-OH is 1. The molecule has 0 aliphatic rings. The highest BCUT2D eigenvalue weighted by atomic mass is 35.5. The van der Waals surface area contributed by atoms with Gasteiger partial charge in [0, 0.05) is 5.56 Å². The molecule has 0 unspecified atom stereocenters. The summed E-state index contributed by atoms with van der Waals surface area (Å²) in [6.45, 7) is 0.108. The van der Waals surface area contributed by atoms with Gasteiger partial charge in [-0.05, 0) is 6.07 Å². The second-order valence-corrected chi connectivity index (χ2v) is 4.08. The third kappa shape index (κ3) is 3.03. The quantitative estimate of drug-likeness (QED) is 0.616. The van der Waals surface area contributed by atoms with Gasteiger partial charge in [-0.15, -0.1) is 0 Å². The Morgan fingerprint density at radius 2 is 2.00 bits per heavy atom. The second-order valence-electron chi connectivity index (χ2n) is 2.69. The average molecular weight is 236 g/mol. The number of aliphatic hydroxyl groups is 1. The van der Waals surface area contributed by atoms with Crippen LogP contribution in [-0.4, -0.2) is 18.3 Å². The molecule has 0 saturated heterocycles. The molecule has 0 saturated carbocycles. The van der Waals surface area contributed by atoms with Crippen LogP contribution in [0.3, 0.4) is 0 Å². The highest BCUT2D eigenvalue weighted by Gasteiger charge is 2.24. The van der Waals surface area contributed by atoms with Gasteiger partial charge in [0.05, 0.1) is 6.61 Å². The van der Waals surface area contributed by atoms with Crippen molar-refractivity contribution in [3.05, 3.63) is 29.8 Å². The summed E-state index contributed by atoms with van der Waals surface area (Å²) in [6.07, 6.45) is 0. The first-order valence-electron chi connectivity index (χ1n) is 4.05. The van der Waals surface area contributed by atoms with E-state index < -0.39 is 4.46 Å².